The van der Waals surface area contributed by atoms with Crippen LogP contribution in [-0.2, 0) is 0 Å². The van der Waals surface area contributed by atoms with Gasteiger partial charge in [-0.15, -0.1) is 17.9 Å². The number of amides is 1. The number of carbonyl (C=O) groups is 1. The summed E-state index contributed by atoms with van der Waals surface area (Å²) < 4.78 is 43.3. The fraction of sp³-hybridized carbons (Fsp3) is 0.333. The Morgan fingerprint density at radius 3 is 2.65 bits per heavy atom. The first-order valence-electron chi connectivity index (χ1n) is 6.72. The molecule has 23 heavy (non-hydrogen) atoms. The van der Waals surface area contributed by atoms with Crippen molar-refractivity contribution in [2.45, 2.75) is 20.0 Å². The molecule has 0 radical (unpaired) electrons. The van der Waals surface area contributed by atoms with E-state index in [-0.39, 0.29) is 11.4 Å². The van der Waals surface area contributed by atoms with Crippen LogP contribution in [0.15, 0.2) is 29.2 Å². The molecule has 2 heterocycles. The van der Waals surface area contributed by atoms with Crippen LogP contribution in [0.3, 0.4) is 0 Å². The average molecular weight is 344 g/mol. The second-order valence-electron chi connectivity index (χ2n) is 4.93. The summed E-state index contributed by atoms with van der Waals surface area (Å²) in [4.78, 5) is 17.5. The molecule has 0 N–H and O–H groups in total. The molecule has 124 valence electrons. The summed E-state index contributed by atoms with van der Waals surface area (Å²) in [5.74, 6) is 0.457. The van der Waals surface area contributed by atoms with Crippen molar-refractivity contribution in [2.24, 2.45) is 0 Å². The first-order chi connectivity index (χ1) is 10.7. The molecule has 1 amide bonds. The van der Waals surface area contributed by atoms with E-state index in [0.29, 0.717) is 27.1 Å². The Hall–Kier alpha value is -2.09. The molecule has 0 unspecified atom stereocenters. The lowest BCUT2D eigenvalue weighted by atomic mass is 10.3. The minimum absolute atomic E-state index is 0.167. The Morgan fingerprint density at radius 1 is 1.43 bits per heavy atom. The van der Waals surface area contributed by atoms with Crippen LogP contribution in [0.4, 0.5) is 13.2 Å². The second-order valence-corrected chi connectivity index (χ2v) is 5.93. The van der Waals surface area contributed by atoms with Crippen molar-refractivity contribution >= 4 is 17.2 Å². The quantitative estimate of drug-likeness (QED) is 0.763. The average Bonchev–Trinajstić information content (AvgIpc) is 3.02. The number of hydrogen-bond acceptors (Lipinski definition) is 4. The molecule has 8 heteroatoms. The molecular weight excluding hydrogens is 329 g/mol. The van der Waals surface area contributed by atoms with E-state index >= 15 is 0 Å². The number of furan rings is 1. The third-order valence-electron chi connectivity index (χ3n) is 2.95. The molecule has 0 saturated heterocycles. The number of aromatic nitrogens is 1. The van der Waals surface area contributed by atoms with Crippen molar-refractivity contribution in [3.63, 3.8) is 0 Å². The third kappa shape index (κ3) is 4.22. The minimum atomic E-state index is -4.47. The highest BCUT2D eigenvalue weighted by Crippen LogP contribution is 2.30. The van der Waals surface area contributed by atoms with Crippen molar-refractivity contribution in [1.29, 1.82) is 0 Å². The van der Waals surface area contributed by atoms with E-state index < -0.39 is 18.6 Å². The van der Waals surface area contributed by atoms with Crippen molar-refractivity contribution < 1.29 is 22.4 Å². The standard InChI is InChI=1S/C15H15F3N2O2S/c1-4-7-20(8-15(16,17)18)14(21)12-10(3)19-13(23-12)11-6-5-9(2)22-11/h4-6H,1,7-8H2,2-3H3. The number of hydrogen-bond donors (Lipinski definition) is 0. The summed E-state index contributed by atoms with van der Waals surface area (Å²) in [5, 5.41) is 0.463. The lowest BCUT2D eigenvalue weighted by Crippen LogP contribution is -2.39. The van der Waals surface area contributed by atoms with E-state index in [1.165, 1.54) is 6.08 Å². The summed E-state index contributed by atoms with van der Waals surface area (Å²) >= 11 is 1.02. The Bertz CT molecular complexity index is 719. The van der Waals surface area contributed by atoms with E-state index in [2.05, 4.69) is 11.6 Å². The molecule has 4 nitrogen and oxygen atoms in total. The number of halogens is 3. The van der Waals surface area contributed by atoms with Crippen molar-refractivity contribution in [2.75, 3.05) is 13.1 Å². The van der Waals surface area contributed by atoms with Crippen LogP contribution < -0.4 is 0 Å². The van der Waals surface area contributed by atoms with Gasteiger partial charge in [-0.1, -0.05) is 6.08 Å². The van der Waals surface area contributed by atoms with E-state index in [9.17, 15) is 18.0 Å². The Kier molecular flexibility index (Phi) is 4.93. The predicted octanol–water partition coefficient (Wildman–Crippen LogP) is 4.21. The van der Waals surface area contributed by atoms with Crippen molar-refractivity contribution in [3.05, 3.63) is 41.1 Å². The van der Waals surface area contributed by atoms with Crippen LogP contribution in [0.25, 0.3) is 10.8 Å². The first-order valence-corrected chi connectivity index (χ1v) is 7.54. The molecule has 0 aliphatic carbocycles. The highest BCUT2D eigenvalue weighted by Gasteiger charge is 2.34. The van der Waals surface area contributed by atoms with Crippen LogP contribution in [0, 0.1) is 13.8 Å². The monoisotopic (exact) mass is 344 g/mol. The van der Waals surface area contributed by atoms with E-state index in [0.717, 1.165) is 11.3 Å². The summed E-state index contributed by atoms with van der Waals surface area (Å²) in [6.07, 6.45) is -3.21. The van der Waals surface area contributed by atoms with E-state index in [1.54, 1.807) is 26.0 Å². The molecule has 0 fully saturated rings. The van der Waals surface area contributed by atoms with Gasteiger partial charge in [0.05, 0.1) is 5.69 Å². The normalized spacial score (nSPS) is 11.5. The van der Waals surface area contributed by atoms with Gasteiger partial charge in [-0.25, -0.2) is 4.98 Å². The van der Waals surface area contributed by atoms with Crippen LogP contribution in [-0.4, -0.2) is 35.1 Å². The zero-order chi connectivity index (χ0) is 17.2. The molecular formula is C15H15F3N2O2S. The fourth-order valence-corrected chi connectivity index (χ4v) is 2.98. The molecule has 0 saturated carbocycles. The largest absolute Gasteiger partial charge is 0.459 e. The molecule has 0 bridgehead atoms. The van der Waals surface area contributed by atoms with E-state index in [4.69, 9.17) is 4.42 Å². The van der Waals surface area contributed by atoms with Crippen LogP contribution >= 0.6 is 11.3 Å². The van der Waals surface area contributed by atoms with Gasteiger partial charge >= 0.3 is 6.18 Å². The number of rotatable bonds is 5. The van der Waals surface area contributed by atoms with Gasteiger partial charge in [-0.2, -0.15) is 13.2 Å². The SMILES string of the molecule is C=CCN(CC(F)(F)F)C(=O)c1sc(-c2ccc(C)o2)nc1C. The van der Waals surface area contributed by atoms with Crippen LogP contribution in [0.2, 0.25) is 0 Å². The lowest BCUT2D eigenvalue weighted by molar-refractivity contribution is -0.139. The zero-order valence-electron chi connectivity index (χ0n) is 12.6. The highest BCUT2D eigenvalue weighted by atomic mass is 32.1. The molecule has 0 aliphatic rings. The molecule has 0 aromatic carbocycles. The Labute approximate surface area is 135 Å². The summed E-state index contributed by atoms with van der Waals surface area (Å²) in [7, 11) is 0. The van der Waals surface area contributed by atoms with Gasteiger partial charge in [0.2, 0.25) is 0 Å². The van der Waals surface area contributed by atoms with Crippen molar-refractivity contribution in [1.82, 2.24) is 9.88 Å². The summed E-state index contributed by atoms with van der Waals surface area (Å²) in [6.45, 7) is 5.23. The Morgan fingerprint density at radius 2 is 2.13 bits per heavy atom. The topological polar surface area (TPSA) is 46.3 Å². The maximum Gasteiger partial charge on any atom is 0.406 e. The van der Waals surface area contributed by atoms with E-state index in [1.807, 2.05) is 0 Å². The zero-order valence-corrected chi connectivity index (χ0v) is 13.4. The van der Waals surface area contributed by atoms with Gasteiger partial charge in [-0.3, -0.25) is 4.79 Å². The minimum Gasteiger partial charge on any atom is -0.459 e. The molecule has 0 aliphatic heterocycles. The van der Waals surface area contributed by atoms with Gasteiger partial charge in [0.25, 0.3) is 5.91 Å². The Balaban J connectivity index is 2.30. The molecule has 2 aromatic heterocycles. The van der Waals surface area contributed by atoms with Gasteiger partial charge in [0, 0.05) is 6.54 Å². The highest BCUT2D eigenvalue weighted by molar-refractivity contribution is 7.17. The molecule has 2 aromatic rings. The van der Waals surface area contributed by atoms with Gasteiger partial charge in [0.15, 0.2) is 10.8 Å². The summed E-state index contributed by atoms with van der Waals surface area (Å²) in [5.41, 5.74) is 0.375. The first kappa shape index (κ1) is 17.3. The second kappa shape index (κ2) is 6.57. The van der Waals surface area contributed by atoms with Crippen LogP contribution in [0.1, 0.15) is 21.1 Å². The number of nitrogens with zero attached hydrogens (tertiary/aromatic N) is 2. The number of aryl methyl sites for hydroxylation is 2. The summed E-state index contributed by atoms with van der Waals surface area (Å²) in [6, 6.07) is 3.46. The predicted molar refractivity (Wildman–Crippen MR) is 81.4 cm³/mol. The lowest BCUT2D eigenvalue weighted by Gasteiger charge is -2.21. The number of carbonyl (C=O) groups excluding carboxylic acids is 1. The maximum atomic E-state index is 12.6. The van der Waals surface area contributed by atoms with Crippen LogP contribution in [0.5, 0.6) is 0 Å². The molecule has 0 spiro atoms. The fourth-order valence-electron chi connectivity index (χ4n) is 1.98. The van der Waals surface area contributed by atoms with Gasteiger partial charge in [-0.05, 0) is 26.0 Å². The molecule has 0 atom stereocenters. The van der Waals surface area contributed by atoms with Crippen molar-refractivity contribution in [3.8, 4) is 10.8 Å². The van der Waals surface area contributed by atoms with Gasteiger partial charge in [0.1, 0.15) is 17.2 Å². The maximum absolute atomic E-state index is 12.6. The number of thiazole rings is 1. The third-order valence-corrected chi connectivity index (χ3v) is 4.11. The van der Waals surface area contributed by atoms with Gasteiger partial charge < -0.3 is 9.32 Å². The number of alkyl halides is 3. The smallest absolute Gasteiger partial charge is 0.406 e. The molecule has 2 rings (SSSR count).